The molecule has 4 N–H and O–H groups in total. The number of imidazole rings is 1. The molecule has 2 amide bonds. The third-order valence-corrected chi connectivity index (χ3v) is 5.88. The minimum absolute atomic E-state index is 0.0195. The van der Waals surface area contributed by atoms with E-state index in [9.17, 15) is 19.5 Å². The van der Waals surface area contributed by atoms with Crippen LogP contribution in [0, 0.1) is 5.92 Å². The highest BCUT2D eigenvalue weighted by Gasteiger charge is 2.43. The van der Waals surface area contributed by atoms with Gasteiger partial charge in [-0.05, 0) is 24.1 Å². The number of nitrogens with one attached hydrogen (secondary N) is 1. The number of nitrogens with two attached hydrogens (primary N) is 1. The van der Waals surface area contributed by atoms with E-state index in [0.29, 0.717) is 16.7 Å². The molecule has 10 heteroatoms. The first-order valence-corrected chi connectivity index (χ1v) is 9.41. The van der Waals surface area contributed by atoms with E-state index in [1.807, 2.05) is 0 Å². The molecule has 2 aliphatic rings. The van der Waals surface area contributed by atoms with Gasteiger partial charge in [-0.3, -0.25) is 24.3 Å². The SMILES string of the molecule is C=C1[C@H](CN2C(=O)c3ccccc3C2=O)C(O)C[C@@H]1n1cnc2c(=O)[nH]c(N)nc21. The van der Waals surface area contributed by atoms with Crippen molar-refractivity contribution in [1.29, 1.82) is 0 Å². The summed E-state index contributed by atoms with van der Waals surface area (Å²) in [5, 5.41) is 10.7. The maximum absolute atomic E-state index is 12.7. The van der Waals surface area contributed by atoms with E-state index >= 15 is 0 Å². The number of aromatic amines is 1. The summed E-state index contributed by atoms with van der Waals surface area (Å²) in [4.78, 5) is 49.2. The fourth-order valence-electron chi connectivity index (χ4n) is 4.34. The van der Waals surface area contributed by atoms with Crippen LogP contribution < -0.4 is 11.3 Å². The number of aliphatic hydroxyl groups excluding tert-OH is 1. The van der Waals surface area contributed by atoms with Gasteiger partial charge in [-0.1, -0.05) is 18.7 Å². The Morgan fingerprint density at radius 3 is 2.53 bits per heavy atom. The smallest absolute Gasteiger partial charge is 0.280 e. The Labute approximate surface area is 169 Å². The number of carbonyl (C=O) groups excluding carboxylic acids is 2. The maximum atomic E-state index is 12.7. The van der Waals surface area contributed by atoms with Gasteiger partial charge >= 0.3 is 0 Å². The largest absolute Gasteiger partial charge is 0.392 e. The van der Waals surface area contributed by atoms with Crippen LogP contribution >= 0.6 is 0 Å². The zero-order chi connectivity index (χ0) is 21.2. The highest BCUT2D eigenvalue weighted by atomic mass is 16.3. The zero-order valence-corrected chi connectivity index (χ0v) is 15.8. The van der Waals surface area contributed by atoms with Crippen molar-refractivity contribution in [2.45, 2.75) is 18.6 Å². The predicted octanol–water partition coefficient (Wildman–Crippen LogP) is 0.476. The molecular formula is C20H18N6O4. The summed E-state index contributed by atoms with van der Waals surface area (Å²) in [7, 11) is 0. The molecule has 1 aliphatic carbocycles. The van der Waals surface area contributed by atoms with Gasteiger partial charge in [-0.25, -0.2) is 4.98 Å². The zero-order valence-electron chi connectivity index (χ0n) is 15.8. The lowest BCUT2D eigenvalue weighted by Gasteiger charge is -2.23. The Kier molecular flexibility index (Phi) is 3.87. The summed E-state index contributed by atoms with van der Waals surface area (Å²) in [6.45, 7) is 4.13. The van der Waals surface area contributed by atoms with Gasteiger partial charge in [-0.15, -0.1) is 0 Å². The Morgan fingerprint density at radius 1 is 1.20 bits per heavy atom. The van der Waals surface area contributed by atoms with E-state index in [1.54, 1.807) is 28.8 Å². The van der Waals surface area contributed by atoms with Crippen LogP contribution in [0.25, 0.3) is 11.2 Å². The molecule has 1 saturated carbocycles. The van der Waals surface area contributed by atoms with Crippen molar-refractivity contribution < 1.29 is 14.7 Å². The molecule has 1 unspecified atom stereocenters. The van der Waals surface area contributed by atoms with Crippen molar-refractivity contribution >= 4 is 28.9 Å². The Balaban J connectivity index is 1.45. The van der Waals surface area contributed by atoms with Crippen LogP contribution in [-0.4, -0.2) is 54.0 Å². The Bertz CT molecular complexity index is 1260. The van der Waals surface area contributed by atoms with Crippen molar-refractivity contribution in [3.05, 3.63) is 64.2 Å². The lowest BCUT2D eigenvalue weighted by Crippen LogP contribution is -2.37. The van der Waals surface area contributed by atoms with Gasteiger partial charge in [-0.2, -0.15) is 4.98 Å². The molecule has 3 atom stereocenters. The topological polar surface area (TPSA) is 147 Å². The molecule has 1 aromatic carbocycles. The molecule has 10 nitrogen and oxygen atoms in total. The quantitative estimate of drug-likeness (QED) is 0.423. The minimum Gasteiger partial charge on any atom is -0.392 e. The second-order valence-corrected chi connectivity index (χ2v) is 7.54. The van der Waals surface area contributed by atoms with Crippen molar-refractivity contribution in [1.82, 2.24) is 24.4 Å². The number of rotatable bonds is 3. The van der Waals surface area contributed by atoms with Crippen molar-refractivity contribution in [3.8, 4) is 0 Å². The van der Waals surface area contributed by atoms with Crippen molar-refractivity contribution in [2.75, 3.05) is 12.3 Å². The molecule has 0 radical (unpaired) electrons. The lowest BCUT2D eigenvalue weighted by atomic mass is 10.0. The van der Waals surface area contributed by atoms with Crippen LogP contribution in [-0.2, 0) is 0 Å². The summed E-state index contributed by atoms with van der Waals surface area (Å²) in [6.07, 6.45) is 0.912. The predicted molar refractivity (Wildman–Crippen MR) is 107 cm³/mol. The number of amides is 2. The summed E-state index contributed by atoms with van der Waals surface area (Å²) in [5.74, 6) is -1.32. The average molecular weight is 406 g/mol. The Morgan fingerprint density at radius 2 is 1.87 bits per heavy atom. The number of fused-ring (bicyclic) bond motifs is 2. The lowest BCUT2D eigenvalue weighted by molar-refractivity contribution is 0.0584. The molecule has 1 fully saturated rings. The normalized spacial score (nSPS) is 23.6. The molecule has 30 heavy (non-hydrogen) atoms. The highest BCUT2D eigenvalue weighted by molar-refractivity contribution is 6.21. The van der Waals surface area contributed by atoms with E-state index < -0.39 is 23.6 Å². The number of benzene rings is 1. The van der Waals surface area contributed by atoms with Crippen LogP contribution in [0.1, 0.15) is 33.2 Å². The third-order valence-electron chi connectivity index (χ3n) is 5.88. The summed E-state index contributed by atoms with van der Waals surface area (Å²) >= 11 is 0. The fourth-order valence-corrected chi connectivity index (χ4v) is 4.34. The molecular weight excluding hydrogens is 388 g/mol. The minimum atomic E-state index is -0.830. The molecule has 3 aromatic rings. The number of anilines is 1. The third kappa shape index (κ3) is 2.50. The molecule has 2 aromatic heterocycles. The van der Waals surface area contributed by atoms with Gasteiger partial charge in [0, 0.05) is 12.5 Å². The van der Waals surface area contributed by atoms with Crippen molar-refractivity contribution in [3.63, 3.8) is 0 Å². The number of aliphatic hydroxyl groups is 1. The number of hydrogen-bond acceptors (Lipinski definition) is 7. The van der Waals surface area contributed by atoms with Crippen LogP contribution in [0.3, 0.4) is 0 Å². The average Bonchev–Trinajstić information content (AvgIpc) is 3.33. The first kappa shape index (κ1) is 18.3. The maximum Gasteiger partial charge on any atom is 0.280 e. The van der Waals surface area contributed by atoms with Gasteiger partial charge in [0.2, 0.25) is 5.95 Å². The highest BCUT2D eigenvalue weighted by Crippen LogP contribution is 2.41. The monoisotopic (exact) mass is 406 g/mol. The summed E-state index contributed by atoms with van der Waals surface area (Å²) < 4.78 is 1.65. The summed E-state index contributed by atoms with van der Waals surface area (Å²) in [5.41, 5.74) is 6.97. The Hall–Kier alpha value is -3.79. The number of aromatic nitrogens is 4. The first-order chi connectivity index (χ1) is 14.4. The van der Waals surface area contributed by atoms with Gasteiger partial charge in [0.1, 0.15) is 0 Å². The first-order valence-electron chi connectivity index (χ1n) is 9.41. The number of imide groups is 1. The van der Waals surface area contributed by atoms with E-state index in [-0.39, 0.29) is 41.9 Å². The molecule has 3 heterocycles. The second kappa shape index (κ2) is 6.36. The number of carbonyl (C=O) groups is 2. The van der Waals surface area contributed by atoms with E-state index in [1.165, 1.54) is 6.33 Å². The van der Waals surface area contributed by atoms with Gasteiger partial charge in [0.05, 0.1) is 29.6 Å². The fraction of sp³-hybridized carbons (Fsp3) is 0.250. The standard InChI is InChI=1S/C20H18N6O4/c1-9-12(7-25-18(29)10-4-2-3-5-11(10)19(25)30)14(27)6-13(9)26-8-22-15-16(26)23-20(21)24-17(15)28/h2-5,8,12-14,27H,1,6-7H2,(H3,21,23,24,28)/t12-,13-,14?/m0/s1. The molecule has 5 rings (SSSR count). The van der Waals surface area contributed by atoms with E-state index in [4.69, 9.17) is 5.73 Å². The number of H-pyrrole nitrogens is 1. The molecule has 0 saturated heterocycles. The summed E-state index contributed by atoms with van der Waals surface area (Å²) in [6, 6.07) is 6.24. The van der Waals surface area contributed by atoms with Crippen LogP contribution in [0.2, 0.25) is 0 Å². The van der Waals surface area contributed by atoms with Gasteiger partial charge in [0.25, 0.3) is 17.4 Å². The molecule has 0 spiro atoms. The second-order valence-electron chi connectivity index (χ2n) is 7.54. The van der Waals surface area contributed by atoms with Crippen LogP contribution in [0.4, 0.5) is 5.95 Å². The molecule has 1 aliphatic heterocycles. The molecule has 0 bridgehead atoms. The molecule has 152 valence electrons. The van der Waals surface area contributed by atoms with E-state index in [2.05, 4.69) is 21.5 Å². The van der Waals surface area contributed by atoms with E-state index in [0.717, 1.165) is 4.90 Å². The van der Waals surface area contributed by atoms with Crippen LogP contribution in [0.5, 0.6) is 0 Å². The van der Waals surface area contributed by atoms with Gasteiger partial charge < -0.3 is 15.4 Å². The van der Waals surface area contributed by atoms with Gasteiger partial charge in [0.15, 0.2) is 11.2 Å². The number of nitrogens with zero attached hydrogens (tertiary/aromatic N) is 4. The van der Waals surface area contributed by atoms with Crippen LogP contribution in [0.15, 0.2) is 47.5 Å². The van der Waals surface area contributed by atoms with Crippen molar-refractivity contribution in [2.24, 2.45) is 5.92 Å². The number of nitrogen functional groups attached to an aromatic ring is 1. The number of hydrogen-bond donors (Lipinski definition) is 3.